The van der Waals surface area contributed by atoms with Gasteiger partial charge in [0.15, 0.2) is 0 Å². The summed E-state index contributed by atoms with van der Waals surface area (Å²) in [5.74, 6) is -0.473. The highest BCUT2D eigenvalue weighted by molar-refractivity contribution is 5.89. The Bertz CT molecular complexity index is 980. The van der Waals surface area contributed by atoms with Crippen molar-refractivity contribution >= 4 is 11.7 Å². The fourth-order valence-electron chi connectivity index (χ4n) is 3.48. The summed E-state index contributed by atoms with van der Waals surface area (Å²) in [5.41, 5.74) is 1.93. The molecule has 0 bridgehead atoms. The molecular formula is C21H20F2N4O. The number of urea groups is 1. The lowest BCUT2D eigenvalue weighted by Crippen LogP contribution is -2.40. The zero-order chi connectivity index (χ0) is 19.5. The van der Waals surface area contributed by atoms with Crippen molar-refractivity contribution in [3.63, 3.8) is 0 Å². The van der Waals surface area contributed by atoms with Crippen LogP contribution in [-0.2, 0) is 0 Å². The minimum absolute atomic E-state index is 0.186. The number of hydrogen-bond donors (Lipinski definition) is 1. The van der Waals surface area contributed by atoms with Gasteiger partial charge in [0.1, 0.15) is 11.6 Å². The Morgan fingerprint density at radius 3 is 2.61 bits per heavy atom. The first kappa shape index (κ1) is 18.2. The number of benzene rings is 2. The average molecular weight is 382 g/mol. The third-order valence-electron chi connectivity index (χ3n) is 5.04. The average Bonchev–Trinajstić information content (AvgIpc) is 3.20. The van der Waals surface area contributed by atoms with Crippen LogP contribution in [0.4, 0.5) is 19.3 Å². The molecule has 3 aromatic rings. The van der Waals surface area contributed by atoms with Crippen LogP contribution in [0.5, 0.6) is 0 Å². The molecule has 1 fully saturated rings. The van der Waals surface area contributed by atoms with Gasteiger partial charge in [-0.15, -0.1) is 0 Å². The van der Waals surface area contributed by atoms with Gasteiger partial charge in [0.25, 0.3) is 0 Å². The zero-order valence-corrected chi connectivity index (χ0v) is 15.2. The Balaban J connectivity index is 1.37. The molecule has 1 N–H and O–H groups in total. The Morgan fingerprint density at radius 2 is 1.86 bits per heavy atom. The van der Waals surface area contributed by atoms with Crippen LogP contribution in [0.3, 0.4) is 0 Å². The van der Waals surface area contributed by atoms with E-state index in [1.807, 2.05) is 6.20 Å². The van der Waals surface area contributed by atoms with Gasteiger partial charge in [-0.1, -0.05) is 18.2 Å². The molecule has 1 aromatic heterocycles. The molecule has 2 heterocycles. The fourth-order valence-corrected chi connectivity index (χ4v) is 3.48. The van der Waals surface area contributed by atoms with Gasteiger partial charge < -0.3 is 10.2 Å². The van der Waals surface area contributed by atoms with Crippen LogP contribution in [0.15, 0.2) is 60.9 Å². The van der Waals surface area contributed by atoms with Gasteiger partial charge in [-0.05, 0) is 54.7 Å². The molecule has 0 saturated carbocycles. The first-order valence-corrected chi connectivity index (χ1v) is 9.21. The van der Waals surface area contributed by atoms with Crippen molar-refractivity contribution in [3.05, 3.63) is 78.1 Å². The highest BCUT2D eigenvalue weighted by atomic mass is 19.1. The summed E-state index contributed by atoms with van der Waals surface area (Å²) in [5, 5.41) is 6.96. The zero-order valence-electron chi connectivity index (χ0n) is 15.2. The van der Waals surface area contributed by atoms with Gasteiger partial charge in [0, 0.05) is 19.3 Å². The van der Waals surface area contributed by atoms with E-state index in [0.29, 0.717) is 18.8 Å². The SMILES string of the molecule is O=C(Nc1ccccc1F)N1CCC(c2cnn(-c3cccc(F)c3)c2)CC1. The number of rotatable bonds is 3. The fraction of sp³-hybridized carbons (Fsp3) is 0.238. The molecule has 2 aromatic carbocycles. The summed E-state index contributed by atoms with van der Waals surface area (Å²) in [7, 11) is 0. The van der Waals surface area contributed by atoms with Crippen molar-refractivity contribution < 1.29 is 13.6 Å². The predicted molar refractivity (Wildman–Crippen MR) is 102 cm³/mol. The summed E-state index contributed by atoms with van der Waals surface area (Å²) in [6, 6.07) is 12.1. The van der Waals surface area contributed by atoms with Crippen LogP contribution in [0.25, 0.3) is 5.69 Å². The van der Waals surface area contributed by atoms with Crippen molar-refractivity contribution in [3.8, 4) is 5.69 Å². The van der Waals surface area contributed by atoms with E-state index in [-0.39, 0.29) is 23.5 Å². The lowest BCUT2D eigenvalue weighted by molar-refractivity contribution is 0.194. The summed E-state index contributed by atoms with van der Waals surface area (Å²) in [4.78, 5) is 14.1. The highest BCUT2D eigenvalue weighted by Crippen LogP contribution is 2.28. The number of likely N-dealkylation sites (tertiary alicyclic amines) is 1. The molecule has 0 unspecified atom stereocenters. The largest absolute Gasteiger partial charge is 0.324 e. The smallest absolute Gasteiger partial charge is 0.321 e. The van der Waals surface area contributed by atoms with E-state index in [4.69, 9.17) is 0 Å². The van der Waals surface area contributed by atoms with E-state index >= 15 is 0 Å². The minimum atomic E-state index is -0.449. The summed E-state index contributed by atoms with van der Waals surface area (Å²) >= 11 is 0. The van der Waals surface area contributed by atoms with Gasteiger partial charge in [0.2, 0.25) is 0 Å². The number of nitrogens with one attached hydrogen (secondary N) is 1. The van der Waals surface area contributed by atoms with Crippen molar-refractivity contribution in [2.75, 3.05) is 18.4 Å². The quantitative estimate of drug-likeness (QED) is 0.722. The van der Waals surface area contributed by atoms with Gasteiger partial charge in [0.05, 0.1) is 17.6 Å². The number of halogens is 2. The molecule has 2 amide bonds. The van der Waals surface area contributed by atoms with Crippen molar-refractivity contribution in [1.82, 2.24) is 14.7 Å². The molecule has 0 aliphatic carbocycles. The molecule has 0 atom stereocenters. The monoisotopic (exact) mass is 382 g/mol. The summed E-state index contributed by atoms with van der Waals surface area (Å²) in [6.07, 6.45) is 5.29. The number of hydrogen-bond acceptors (Lipinski definition) is 2. The maximum atomic E-state index is 13.7. The van der Waals surface area contributed by atoms with Gasteiger partial charge in [-0.2, -0.15) is 5.10 Å². The Morgan fingerprint density at radius 1 is 1.07 bits per heavy atom. The Kier molecular flexibility index (Phi) is 5.06. The second-order valence-electron chi connectivity index (χ2n) is 6.87. The van der Waals surface area contributed by atoms with Crippen LogP contribution >= 0.6 is 0 Å². The third kappa shape index (κ3) is 3.88. The maximum Gasteiger partial charge on any atom is 0.321 e. The van der Waals surface area contributed by atoms with Crippen LogP contribution in [-0.4, -0.2) is 33.8 Å². The number of aromatic nitrogens is 2. The molecule has 1 saturated heterocycles. The van der Waals surface area contributed by atoms with Crippen LogP contribution in [0.2, 0.25) is 0 Å². The van der Waals surface area contributed by atoms with Crippen molar-refractivity contribution in [1.29, 1.82) is 0 Å². The molecule has 144 valence electrons. The second kappa shape index (κ2) is 7.80. The standard InChI is InChI=1S/C21H20F2N4O/c22-17-4-3-5-18(12-17)27-14-16(13-24-27)15-8-10-26(11-9-15)21(28)25-20-7-2-1-6-19(20)23/h1-7,12-15H,8-11H2,(H,25,28). The van der Waals surface area contributed by atoms with Gasteiger partial charge in [-0.3, -0.25) is 0 Å². The summed E-state index contributed by atoms with van der Waals surface area (Å²) in [6.45, 7) is 1.16. The van der Waals surface area contributed by atoms with E-state index in [9.17, 15) is 13.6 Å². The van der Waals surface area contributed by atoms with Gasteiger partial charge in [-0.25, -0.2) is 18.3 Å². The maximum absolute atomic E-state index is 13.7. The van der Waals surface area contributed by atoms with E-state index in [1.54, 1.807) is 46.1 Å². The minimum Gasteiger partial charge on any atom is -0.324 e. The molecule has 1 aliphatic rings. The third-order valence-corrected chi connectivity index (χ3v) is 5.04. The number of nitrogens with zero attached hydrogens (tertiary/aromatic N) is 3. The van der Waals surface area contributed by atoms with Gasteiger partial charge >= 0.3 is 6.03 Å². The molecule has 7 heteroatoms. The number of carbonyl (C=O) groups is 1. The molecule has 5 nitrogen and oxygen atoms in total. The van der Waals surface area contributed by atoms with Crippen molar-refractivity contribution in [2.24, 2.45) is 0 Å². The molecule has 1 aliphatic heterocycles. The lowest BCUT2D eigenvalue weighted by atomic mass is 9.92. The van der Waals surface area contributed by atoms with Crippen LogP contribution < -0.4 is 5.32 Å². The van der Waals surface area contributed by atoms with E-state index < -0.39 is 5.82 Å². The van der Waals surface area contributed by atoms with Crippen LogP contribution in [0, 0.1) is 11.6 Å². The molecule has 28 heavy (non-hydrogen) atoms. The second-order valence-corrected chi connectivity index (χ2v) is 6.87. The van der Waals surface area contributed by atoms with E-state index in [2.05, 4.69) is 10.4 Å². The molecule has 0 spiro atoms. The van der Waals surface area contributed by atoms with Crippen LogP contribution in [0.1, 0.15) is 24.3 Å². The highest BCUT2D eigenvalue weighted by Gasteiger charge is 2.25. The number of amides is 2. The van der Waals surface area contributed by atoms with Crippen molar-refractivity contribution in [2.45, 2.75) is 18.8 Å². The molecule has 4 rings (SSSR count). The van der Waals surface area contributed by atoms with E-state index in [0.717, 1.165) is 18.4 Å². The Labute approximate surface area is 161 Å². The topological polar surface area (TPSA) is 50.2 Å². The first-order valence-electron chi connectivity index (χ1n) is 9.21. The summed E-state index contributed by atoms with van der Waals surface area (Å²) < 4.78 is 28.8. The number of para-hydroxylation sites is 1. The molecular weight excluding hydrogens is 362 g/mol. The number of anilines is 1. The van der Waals surface area contributed by atoms with E-state index in [1.165, 1.54) is 18.2 Å². The predicted octanol–water partition coefficient (Wildman–Crippen LogP) is 4.56. The molecule has 0 radical (unpaired) electrons. The lowest BCUT2D eigenvalue weighted by Gasteiger charge is -2.31. The Hall–Kier alpha value is -3.22. The normalized spacial score (nSPS) is 14.9. The first-order chi connectivity index (χ1) is 13.6. The number of carbonyl (C=O) groups excluding carboxylic acids is 1. The number of piperidine rings is 1.